The van der Waals surface area contributed by atoms with E-state index in [1.54, 1.807) is 14.1 Å². The van der Waals surface area contributed by atoms with Gasteiger partial charge in [-0.1, -0.05) is 13.8 Å². The fourth-order valence-corrected chi connectivity index (χ4v) is 1.27. The number of hydrogen-bond donors (Lipinski definition) is 0. The van der Waals surface area contributed by atoms with Gasteiger partial charge in [0.1, 0.15) is 0 Å². The second-order valence-corrected chi connectivity index (χ2v) is 4.53. The Balaban J connectivity index is 4.56. The van der Waals surface area contributed by atoms with Gasteiger partial charge in [-0.3, -0.25) is 14.5 Å². The summed E-state index contributed by atoms with van der Waals surface area (Å²) >= 11 is 0. The van der Waals surface area contributed by atoms with Crippen LogP contribution in [0.3, 0.4) is 0 Å². The zero-order valence-electron chi connectivity index (χ0n) is 10.6. The smallest absolute Gasteiger partial charge is 0.224 e. The van der Waals surface area contributed by atoms with Crippen molar-refractivity contribution in [3.63, 3.8) is 0 Å². The third kappa shape index (κ3) is 4.42. The number of carbonyl (C=O) groups is 2. The largest absolute Gasteiger partial charge is 0.349 e. The van der Waals surface area contributed by atoms with E-state index < -0.39 is 0 Å². The van der Waals surface area contributed by atoms with E-state index in [4.69, 9.17) is 0 Å². The normalized spacial score (nSPS) is 13.1. The maximum atomic E-state index is 11.8. The number of carbonyl (C=O) groups excluding carboxylic acids is 2. The van der Waals surface area contributed by atoms with E-state index in [2.05, 4.69) is 0 Å². The summed E-state index contributed by atoms with van der Waals surface area (Å²) in [4.78, 5) is 26.7. The van der Waals surface area contributed by atoms with Crippen LogP contribution in [-0.4, -0.2) is 55.7 Å². The van der Waals surface area contributed by atoms with Crippen LogP contribution in [0.5, 0.6) is 0 Å². The first kappa shape index (κ1) is 14.1. The second kappa shape index (κ2) is 5.85. The summed E-state index contributed by atoms with van der Waals surface area (Å²) in [6, 6.07) is -0.306. The fraction of sp³-hybridized carbons (Fsp3) is 0.818. The van der Waals surface area contributed by atoms with Gasteiger partial charge in [0.25, 0.3) is 0 Å². The van der Waals surface area contributed by atoms with E-state index in [1.165, 1.54) is 4.90 Å². The number of likely N-dealkylation sites (N-methyl/N-ethyl adjacent to an activating group) is 1. The highest BCUT2D eigenvalue weighted by atomic mass is 16.2. The Morgan fingerprint density at radius 2 is 1.53 bits per heavy atom. The molecule has 0 saturated carbocycles. The van der Waals surface area contributed by atoms with Crippen LogP contribution < -0.4 is 0 Å². The molecule has 0 aromatic rings. The van der Waals surface area contributed by atoms with E-state index in [1.807, 2.05) is 32.8 Å². The highest BCUT2D eigenvalue weighted by Crippen LogP contribution is 2.09. The standard InChI is InChI=1S/C11H22N2O2/c1-8(2)11(15)9(12(3)4)7-10(14)13(5)6/h8-9H,7H2,1-6H3. The molecule has 15 heavy (non-hydrogen) atoms. The zero-order chi connectivity index (χ0) is 12.2. The molecule has 88 valence electrons. The first-order valence-electron chi connectivity index (χ1n) is 5.17. The maximum Gasteiger partial charge on any atom is 0.224 e. The van der Waals surface area contributed by atoms with Gasteiger partial charge >= 0.3 is 0 Å². The number of nitrogens with zero attached hydrogens (tertiary/aromatic N) is 2. The molecule has 0 aliphatic rings. The van der Waals surface area contributed by atoms with Gasteiger partial charge < -0.3 is 4.90 Å². The predicted molar refractivity (Wildman–Crippen MR) is 60.6 cm³/mol. The van der Waals surface area contributed by atoms with Crippen molar-refractivity contribution >= 4 is 11.7 Å². The lowest BCUT2D eigenvalue weighted by Crippen LogP contribution is -2.42. The molecule has 1 unspecified atom stereocenters. The lowest BCUT2D eigenvalue weighted by Gasteiger charge is -2.25. The van der Waals surface area contributed by atoms with Gasteiger partial charge in [-0.25, -0.2) is 0 Å². The van der Waals surface area contributed by atoms with Crippen molar-refractivity contribution in [2.45, 2.75) is 26.3 Å². The lowest BCUT2D eigenvalue weighted by molar-refractivity contribution is -0.135. The van der Waals surface area contributed by atoms with Gasteiger partial charge in [-0.2, -0.15) is 0 Å². The number of hydrogen-bond acceptors (Lipinski definition) is 3. The minimum Gasteiger partial charge on any atom is -0.349 e. The minimum atomic E-state index is -0.306. The van der Waals surface area contributed by atoms with E-state index >= 15 is 0 Å². The van der Waals surface area contributed by atoms with Gasteiger partial charge in [-0.05, 0) is 14.1 Å². The fourth-order valence-electron chi connectivity index (χ4n) is 1.27. The van der Waals surface area contributed by atoms with Crippen LogP contribution >= 0.6 is 0 Å². The minimum absolute atomic E-state index is 0.0114. The summed E-state index contributed by atoms with van der Waals surface area (Å²) in [5.41, 5.74) is 0. The Kier molecular flexibility index (Phi) is 5.50. The van der Waals surface area contributed by atoms with Gasteiger partial charge in [0.2, 0.25) is 5.91 Å². The molecule has 0 spiro atoms. The monoisotopic (exact) mass is 214 g/mol. The number of rotatable bonds is 5. The second-order valence-electron chi connectivity index (χ2n) is 4.53. The molecule has 0 saturated heterocycles. The Labute approximate surface area is 92.2 Å². The van der Waals surface area contributed by atoms with Crippen molar-refractivity contribution in [1.29, 1.82) is 0 Å². The molecule has 0 heterocycles. The van der Waals surface area contributed by atoms with Crippen LogP contribution in [0.2, 0.25) is 0 Å². The summed E-state index contributed by atoms with van der Waals surface area (Å²) < 4.78 is 0. The van der Waals surface area contributed by atoms with Crippen LogP contribution in [0.4, 0.5) is 0 Å². The van der Waals surface area contributed by atoms with Crippen LogP contribution in [0.25, 0.3) is 0 Å². The Hall–Kier alpha value is -0.900. The van der Waals surface area contributed by atoms with Gasteiger partial charge in [0.05, 0.1) is 6.04 Å². The summed E-state index contributed by atoms with van der Waals surface area (Å²) in [6.45, 7) is 3.72. The van der Waals surface area contributed by atoms with Crippen molar-refractivity contribution in [2.75, 3.05) is 28.2 Å². The van der Waals surface area contributed by atoms with E-state index in [-0.39, 0.29) is 30.1 Å². The third-order valence-electron chi connectivity index (χ3n) is 2.39. The van der Waals surface area contributed by atoms with Crippen molar-refractivity contribution in [1.82, 2.24) is 9.80 Å². The molecule has 0 fully saturated rings. The first-order chi connectivity index (χ1) is 6.77. The van der Waals surface area contributed by atoms with Gasteiger partial charge in [-0.15, -0.1) is 0 Å². The van der Waals surface area contributed by atoms with Crippen LogP contribution in [0.1, 0.15) is 20.3 Å². The average molecular weight is 214 g/mol. The molecule has 0 aliphatic carbocycles. The molecule has 0 rings (SSSR count). The highest BCUT2D eigenvalue weighted by Gasteiger charge is 2.26. The lowest BCUT2D eigenvalue weighted by atomic mass is 9.98. The van der Waals surface area contributed by atoms with E-state index in [0.717, 1.165) is 0 Å². The molecule has 0 radical (unpaired) electrons. The first-order valence-corrected chi connectivity index (χ1v) is 5.17. The van der Waals surface area contributed by atoms with E-state index in [9.17, 15) is 9.59 Å². The molecule has 4 heteroatoms. The number of ketones is 1. The van der Waals surface area contributed by atoms with Gasteiger partial charge in [0, 0.05) is 26.4 Å². The molecular weight excluding hydrogens is 192 g/mol. The molecule has 4 nitrogen and oxygen atoms in total. The predicted octanol–water partition coefficient (Wildman–Crippen LogP) is 0.620. The van der Waals surface area contributed by atoms with Crippen molar-refractivity contribution in [3.8, 4) is 0 Å². The third-order valence-corrected chi connectivity index (χ3v) is 2.39. The Morgan fingerprint density at radius 1 is 1.07 bits per heavy atom. The molecule has 0 aliphatic heterocycles. The SMILES string of the molecule is CC(C)C(=O)C(CC(=O)N(C)C)N(C)C. The molecule has 0 N–H and O–H groups in total. The molecule has 1 atom stereocenters. The summed E-state index contributed by atoms with van der Waals surface area (Å²) in [5, 5.41) is 0. The van der Waals surface area contributed by atoms with Gasteiger partial charge in [0.15, 0.2) is 5.78 Å². The van der Waals surface area contributed by atoms with Crippen LogP contribution in [0.15, 0.2) is 0 Å². The summed E-state index contributed by atoms with van der Waals surface area (Å²) in [5.74, 6) is 0.0743. The maximum absolute atomic E-state index is 11.8. The molecule has 0 aromatic carbocycles. The Bertz CT molecular complexity index is 235. The quantitative estimate of drug-likeness (QED) is 0.673. The summed E-state index contributed by atoms with van der Waals surface area (Å²) in [7, 11) is 7.06. The van der Waals surface area contributed by atoms with Crippen LogP contribution in [0, 0.1) is 5.92 Å². The zero-order valence-corrected chi connectivity index (χ0v) is 10.6. The highest BCUT2D eigenvalue weighted by molar-refractivity contribution is 5.90. The van der Waals surface area contributed by atoms with Crippen LogP contribution in [-0.2, 0) is 9.59 Å². The number of amides is 1. The number of Topliss-reactive ketones (excluding diaryl/α,β-unsaturated/α-hetero) is 1. The molecule has 0 bridgehead atoms. The molecule has 0 aromatic heterocycles. The van der Waals surface area contributed by atoms with Crippen molar-refractivity contribution in [2.24, 2.45) is 5.92 Å². The Morgan fingerprint density at radius 3 is 1.80 bits per heavy atom. The molecule has 1 amide bonds. The van der Waals surface area contributed by atoms with E-state index in [0.29, 0.717) is 0 Å². The summed E-state index contributed by atoms with van der Waals surface area (Å²) in [6.07, 6.45) is 0.261. The molecular formula is C11H22N2O2. The average Bonchev–Trinajstić information content (AvgIpc) is 2.11. The topological polar surface area (TPSA) is 40.6 Å². The van der Waals surface area contributed by atoms with Crippen molar-refractivity contribution in [3.05, 3.63) is 0 Å². The van der Waals surface area contributed by atoms with Crippen molar-refractivity contribution < 1.29 is 9.59 Å².